The number of nitriles is 1. The summed E-state index contributed by atoms with van der Waals surface area (Å²) in [5.74, 6) is -0.423. The molecule has 0 aromatic heterocycles. The summed E-state index contributed by atoms with van der Waals surface area (Å²) >= 11 is 3.33. The summed E-state index contributed by atoms with van der Waals surface area (Å²) in [7, 11) is 0. The third-order valence-corrected chi connectivity index (χ3v) is 2.70. The molecule has 2 nitrogen and oxygen atoms in total. The molecule has 14 heavy (non-hydrogen) atoms. The summed E-state index contributed by atoms with van der Waals surface area (Å²) in [6.07, 6.45) is 0.00931. The highest BCUT2D eigenvalue weighted by molar-refractivity contribution is 9.10. The predicted octanol–water partition coefficient (Wildman–Crippen LogP) is 2.83. The van der Waals surface area contributed by atoms with Crippen LogP contribution in [0.3, 0.4) is 0 Å². The van der Waals surface area contributed by atoms with Crippen molar-refractivity contribution in [3.05, 3.63) is 34.3 Å². The lowest BCUT2D eigenvalue weighted by Gasteiger charge is -2.14. The van der Waals surface area contributed by atoms with E-state index >= 15 is 0 Å². The quantitative estimate of drug-likeness (QED) is 0.901. The van der Waals surface area contributed by atoms with Crippen molar-refractivity contribution in [2.75, 3.05) is 0 Å². The maximum absolute atomic E-state index is 9.61. The summed E-state index contributed by atoms with van der Waals surface area (Å²) < 4.78 is 0.976. The highest BCUT2D eigenvalue weighted by Crippen LogP contribution is 2.22. The number of hydrogen-bond donors (Lipinski definition) is 1. The molecule has 1 aromatic rings. The van der Waals surface area contributed by atoms with Gasteiger partial charge in [-0.15, -0.1) is 0 Å². The fourth-order valence-corrected chi connectivity index (χ4v) is 1.55. The molecular formula is C11H12BrNO. The molecule has 1 N–H and O–H groups in total. The van der Waals surface area contributed by atoms with Crippen molar-refractivity contribution in [2.45, 2.75) is 25.4 Å². The molecule has 2 unspecified atom stereocenters. The van der Waals surface area contributed by atoms with Gasteiger partial charge in [0.25, 0.3) is 0 Å². The van der Waals surface area contributed by atoms with E-state index in [-0.39, 0.29) is 0 Å². The van der Waals surface area contributed by atoms with Crippen molar-refractivity contribution in [1.29, 1.82) is 5.26 Å². The van der Waals surface area contributed by atoms with Crippen LogP contribution < -0.4 is 0 Å². The predicted molar refractivity (Wildman–Crippen MR) is 58.8 cm³/mol. The second kappa shape index (κ2) is 5.14. The molecular weight excluding hydrogens is 242 g/mol. The molecule has 0 spiro atoms. The zero-order valence-electron chi connectivity index (χ0n) is 7.94. The van der Waals surface area contributed by atoms with E-state index in [2.05, 4.69) is 22.0 Å². The van der Waals surface area contributed by atoms with Crippen molar-refractivity contribution < 1.29 is 5.11 Å². The Balaban J connectivity index is 2.91. The molecule has 74 valence electrons. The lowest BCUT2D eigenvalue weighted by molar-refractivity contribution is 0.157. The standard InChI is InChI=1S/C11H12BrNO/c1-2-11(14)10(7-13)8-3-5-9(12)6-4-8/h3-6,10-11,14H,2H2,1H3. The third kappa shape index (κ3) is 2.57. The van der Waals surface area contributed by atoms with E-state index in [0.717, 1.165) is 10.0 Å². The average Bonchev–Trinajstić information content (AvgIpc) is 2.21. The molecule has 1 rings (SSSR count). The Kier molecular flexibility index (Phi) is 4.12. The Morgan fingerprint density at radius 1 is 1.43 bits per heavy atom. The van der Waals surface area contributed by atoms with Crippen LogP contribution in [0.4, 0.5) is 0 Å². The van der Waals surface area contributed by atoms with Crippen LogP contribution in [0.25, 0.3) is 0 Å². The van der Waals surface area contributed by atoms with Crippen molar-refractivity contribution in [3.8, 4) is 6.07 Å². The topological polar surface area (TPSA) is 44.0 Å². The van der Waals surface area contributed by atoms with Gasteiger partial charge >= 0.3 is 0 Å². The van der Waals surface area contributed by atoms with E-state index in [4.69, 9.17) is 5.26 Å². The number of aliphatic hydroxyl groups excluding tert-OH is 1. The summed E-state index contributed by atoms with van der Waals surface area (Å²) in [5, 5.41) is 18.5. The van der Waals surface area contributed by atoms with Gasteiger partial charge in [0.1, 0.15) is 0 Å². The molecule has 0 bridgehead atoms. The fourth-order valence-electron chi connectivity index (χ4n) is 1.29. The maximum atomic E-state index is 9.61. The molecule has 3 heteroatoms. The lowest BCUT2D eigenvalue weighted by atomic mass is 9.93. The number of hydrogen-bond acceptors (Lipinski definition) is 2. The van der Waals surface area contributed by atoms with Gasteiger partial charge in [0.05, 0.1) is 18.1 Å². The van der Waals surface area contributed by atoms with Crippen LogP contribution >= 0.6 is 15.9 Å². The van der Waals surface area contributed by atoms with Crippen LogP contribution in [0.2, 0.25) is 0 Å². The van der Waals surface area contributed by atoms with Crippen LogP contribution in [0, 0.1) is 11.3 Å². The Morgan fingerprint density at radius 2 is 2.00 bits per heavy atom. The summed E-state index contributed by atoms with van der Waals surface area (Å²) in [6, 6.07) is 9.59. The molecule has 0 saturated heterocycles. The second-order valence-electron chi connectivity index (χ2n) is 3.13. The van der Waals surface area contributed by atoms with Crippen LogP contribution in [0.5, 0.6) is 0 Å². The fraction of sp³-hybridized carbons (Fsp3) is 0.364. The molecule has 0 saturated carbocycles. The molecule has 1 aromatic carbocycles. The van der Waals surface area contributed by atoms with Gasteiger partial charge in [0.15, 0.2) is 0 Å². The molecule has 0 aliphatic heterocycles. The van der Waals surface area contributed by atoms with Gasteiger partial charge in [-0.05, 0) is 24.1 Å². The molecule has 0 aliphatic rings. The first-order valence-corrected chi connectivity index (χ1v) is 5.31. The minimum absolute atomic E-state index is 0.423. The van der Waals surface area contributed by atoms with Gasteiger partial charge in [-0.25, -0.2) is 0 Å². The maximum Gasteiger partial charge on any atom is 0.0971 e. The van der Waals surface area contributed by atoms with Gasteiger partial charge < -0.3 is 5.11 Å². The van der Waals surface area contributed by atoms with Gasteiger partial charge in [-0.2, -0.15) is 5.26 Å². The zero-order chi connectivity index (χ0) is 10.6. The minimum Gasteiger partial charge on any atom is -0.391 e. The van der Waals surface area contributed by atoms with Crippen LogP contribution in [0.15, 0.2) is 28.7 Å². The summed E-state index contributed by atoms with van der Waals surface area (Å²) in [4.78, 5) is 0. The number of aliphatic hydroxyl groups is 1. The zero-order valence-corrected chi connectivity index (χ0v) is 9.53. The first-order valence-electron chi connectivity index (χ1n) is 4.52. The molecule has 0 amide bonds. The molecule has 0 radical (unpaired) electrons. The van der Waals surface area contributed by atoms with Crippen LogP contribution in [-0.4, -0.2) is 11.2 Å². The summed E-state index contributed by atoms with van der Waals surface area (Å²) in [5.41, 5.74) is 0.866. The van der Waals surface area contributed by atoms with E-state index in [1.165, 1.54) is 0 Å². The number of rotatable bonds is 3. The van der Waals surface area contributed by atoms with Crippen molar-refractivity contribution in [3.63, 3.8) is 0 Å². The molecule has 0 aliphatic carbocycles. The second-order valence-corrected chi connectivity index (χ2v) is 4.05. The van der Waals surface area contributed by atoms with Crippen molar-refractivity contribution in [1.82, 2.24) is 0 Å². The van der Waals surface area contributed by atoms with Gasteiger partial charge in [-0.3, -0.25) is 0 Å². The Hall–Kier alpha value is -0.850. The third-order valence-electron chi connectivity index (χ3n) is 2.17. The van der Waals surface area contributed by atoms with E-state index in [1.807, 2.05) is 31.2 Å². The van der Waals surface area contributed by atoms with Crippen molar-refractivity contribution >= 4 is 15.9 Å². The monoisotopic (exact) mass is 253 g/mol. The number of benzene rings is 1. The van der Waals surface area contributed by atoms with E-state index in [1.54, 1.807) is 0 Å². The van der Waals surface area contributed by atoms with Crippen molar-refractivity contribution in [2.24, 2.45) is 0 Å². The van der Waals surface area contributed by atoms with Crippen LogP contribution in [-0.2, 0) is 0 Å². The highest BCUT2D eigenvalue weighted by Gasteiger charge is 2.18. The van der Waals surface area contributed by atoms with Crippen LogP contribution in [0.1, 0.15) is 24.8 Å². The van der Waals surface area contributed by atoms with E-state index in [9.17, 15) is 5.11 Å². The normalized spacial score (nSPS) is 14.4. The van der Waals surface area contributed by atoms with E-state index < -0.39 is 12.0 Å². The smallest absolute Gasteiger partial charge is 0.0971 e. The summed E-state index contributed by atoms with van der Waals surface area (Å²) in [6.45, 7) is 1.87. The number of nitrogens with zero attached hydrogens (tertiary/aromatic N) is 1. The van der Waals surface area contributed by atoms with E-state index in [0.29, 0.717) is 6.42 Å². The molecule has 2 atom stereocenters. The Bertz CT molecular complexity index is 328. The number of halogens is 1. The van der Waals surface area contributed by atoms with Gasteiger partial charge in [0.2, 0.25) is 0 Å². The van der Waals surface area contributed by atoms with Gasteiger partial charge in [0, 0.05) is 4.47 Å². The molecule has 0 fully saturated rings. The Labute approximate surface area is 92.3 Å². The first-order chi connectivity index (χ1) is 6.69. The van der Waals surface area contributed by atoms with Gasteiger partial charge in [-0.1, -0.05) is 35.0 Å². The minimum atomic E-state index is -0.582. The largest absolute Gasteiger partial charge is 0.391 e. The Morgan fingerprint density at radius 3 is 2.43 bits per heavy atom. The average molecular weight is 254 g/mol. The first kappa shape index (κ1) is 11.2. The molecule has 0 heterocycles. The SMILES string of the molecule is CCC(O)C(C#N)c1ccc(Br)cc1. The lowest BCUT2D eigenvalue weighted by Crippen LogP contribution is -2.15. The highest BCUT2D eigenvalue weighted by atomic mass is 79.9.